The Balaban J connectivity index is 4.74. The van der Waals surface area contributed by atoms with E-state index in [1.807, 2.05) is 19.9 Å². The Bertz CT molecular complexity index is 214. The van der Waals surface area contributed by atoms with Crippen LogP contribution in [0.4, 0.5) is 0 Å². The minimum Gasteiger partial charge on any atom is -0.258 e. The van der Waals surface area contributed by atoms with Crippen molar-refractivity contribution in [1.29, 1.82) is 0 Å². The van der Waals surface area contributed by atoms with E-state index in [0.29, 0.717) is 0 Å². The molecule has 12 heavy (non-hydrogen) atoms. The molecule has 0 rings (SSSR count). The number of aliphatic imine (C=N–C) groups is 1. The Morgan fingerprint density at radius 3 is 2.08 bits per heavy atom. The van der Waals surface area contributed by atoms with E-state index >= 15 is 0 Å². The first-order valence-electron chi connectivity index (χ1n) is 4.26. The van der Waals surface area contributed by atoms with Crippen molar-refractivity contribution < 1.29 is 0 Å². The van der Waals surface area contributed by atoms with Crippen LogP contribution in [-0.2, 0) is 0 Å². The van der Waals surface area contributed by atoms with E-state index in [0.717, 1.165) is 11.4 Å². The number of rotatable bonds is 2. The Labute approximate surface area is 75.9 Å². The molecule has 0 unspecified atom stereocenters. The fraction of sp³-hybridized carbons (Fsp3) is 0.545. The predicted molar refractivity (Wildman–Crippen MR) is 56.5 cm³/mol. The highest BCUT2D eigenvalue weighted by atomic mass is 14.8. The molecule has 0 aromatic heterocycles. The lowest BCUT2D eigenvalue weighted by molar-refractivity contribution is 0.497. The van der Waals surface area contributed by atoms with Crippen molar-refractivity contribution in [2.75, 3.05) is 0 Å². The molecule has 0 aromatic rings. The van der Waals surface area contributed by atoms with Gasteiger partial charge in [-0.05, 0) is 19.9 Å². The zero-order valence-electron chi connectivity index (χ0n) is 8.81. The summed E-state index contributed by atoms with van der Waals surface area (Å²) in [7, 11) is 0. The van der Waals surface area contributed by atoms with Crippen LogP contribution in [0.5, 0.6) is 0 Å². The summed E-state index contributed by atoms with van der Waals surface area (Å²) in [5.41, 5.74) is 2.21. The lowest BCUT2D eigenvalue weighted by Gasteiger charge is -2.19. The number of nitrogens with zero attached hydrogens (tertiary/aromatic N) is 1. The summed E-state index contributed by atoms with van der Waals surface area (Å²) in [4.78, 5) is 4.44. The van der Waals surface area contributed by atoms with Crippen LogP contribution < -0.4 is 0 Å². The lowest BCUT2D eigenvalue weighted by Crippen LogP contribution is -2.08. The van der Waals surface area contributed by atoms with Crippen molar-refractivity contribution in [3.8, 4) is 0 Å². The monoisotopic (exact) mass is 165 g/mol. The zero-order valence-corrected chi connectivity index (χ0v) is 8.81. The summed E-state index contributed by atoms with van der Waals surface area (Å²) in [6, 6.07) is 0. The highest BCUT2D eigenvalue weighted by Gasteiger charge is 2.14. The van der Waals surface area contributed by atoms with Crippen LogP contribution in [0.3, 0.4) is 0 Å². The van der Waals surface area contributed by atoms with Gasteiger partial charge >= 0.3 is 0 Å². The third-order valence-electron chi connectivity index (χ3n) is 1.63. The van der Waals surface area contributed by atoms with Crippen molar-refractivity contribution in [2.24, 2.45) is 10.4 Å². The SMILES string of the molecule is C=CC(C)=N/C(=C\C)C(C)(C)C. The van der Waals surface area contributed by atoms with Crippen LogP contribution >= 0.6 is 0 Å². The van der Waals surface area contributed by atoms with Crippen LogP contribution in [0, 0.1) is 5.41 Å². The summed E-state index contributed by atoms with van der Waals surface area (Å²) >= 11 is 0. The molecule has 0 saturated heterocycles. The van der Waals surface area contributed by atoms with Crippen molar-refractivity contribution in [1.82, 2.24) is 0 Å². The van der Waals surface area contributed by atoms with Gasteiger partial charge in [-0.15, -0.1) is 0 Å². The standard InChI is InChI=1S/C11H19N/c1-7-9(3)12-10(8-2)11(4,5)6/h7-8H,1H2,2-6H3/b10-8-,12-9?. The topological polar surface area (TPSA) is 12.4 Å². The van der Waals surface area contributed by atoms with Gasteiger partial charge in [-0.2, -0.15) is 0 Å². The predicted octanol–water partition coefficient (Wildman–Crippen LogP) is 3.58. The van der Waals surface area contributed by atoms with E-state index in [-0.39, 0.29) is 5.41 Å². The van der Waals surface area contributed by atoms with Gasteiger partial charge in [0.25, 0.3) is 0 Å². The third-order valence-corrected chi connectivity index (χ3v) is 1.63. The first kappa shape index (κ1) is 11.2. The van der Waals surface area contributed by atoms with Gasteiger partial charge in [0.05, 0.1) is 0 Å². The molecule has 0 spiro atoms. The summed E-state index contributed by atoms with van der Waals surface area (Å²) in [6.07, 6.45) is 3.82. The quantitative estimate of drug-likeness (QED) is 0.554. The Morgan fingerprint density at radius 1 is 1.33 bits per heavy atom. The van der Waals surface area contributed by atoms with Gasteiger partial charge in [-0.1, -0.05) is 33.4 Å². The molecule has 1 heteroatoms. The van der Waals surface area contributed by atoms with E-state index in [2.05, 4.69) is 32.3 Å². The van der Waals surface area contributed by atoms with Gasteiger partial charge in [0.1, 0.15) is 0 Å². The Morgan fingerprint density at radius 2 is 1.83 bits per heavy atom. The van der Waals surface area contributed by atoms with E-state index in [4.69, 9.17) is 0 Å². The van der Waals surface area contributed by atoms with Gasteiger partial charge < -0.3 is 0 Å². The molecule has 68 valence electrons. The second-order valence-corrected chi connectivity index (χ2v) is 3.88. The molecule has 0 radical (unpaired) electrons. The van der Waals surface area contributed by atoms with Crippen LogP contribution in [0.25, 0.3) is 0 Å². The average molecular weight is 165 g/mol. The molecule has 0 amide bonds. The molecule has 0 N–H and O–H groups in total. The number of allylic oxidation sites excluding steroid dienone is 3. The van der Waals surface area contributed by atoms with E-state index in [1.165, 1.54) is 0 Å². The summed E-state index contributed by atoms with van der Waals surface area (Å²) in [6.45, 7) is 14.1. The molecule has 0 fully saturated rings. The molecule has 0 aliphatic heterocycles. The van der Waals surface area contributed by atoms with Crippen molar-refractivity contribution >= 4 is 5.71 Å². The number of hydrogen-bond donors (Lipinski definition) is 0. The summed E-state index contributed by atoms with van der Waals surface area (Å²) in [5.74, 6) is 0. The second kappa shape index (κ2) is 4.24. The molecular weight excluding hydrogens is 146 g/mol. The first-order chi connectivity index (χ1) is 5.41. The molecule has 0 heterocycles. The van der Waals surface area contributed by atoms with Crippen molar-refractivity contribution in [3.05, 3.63) is 24.4 Å². The minimum atomic E-state index is 0.124. The maximum atomic E-state index is 4.44. The normalized spacial score (nSPS) is 14.8. The van der Waals surface area contributed by atoms with Crippen LogP contribution in [0.1, 0.15) is 34.6 Å². The van der Waals surface area contributed by atoms with E-state index in [9.17, 15) is 0 Å². The fourth-order valence-corrected chi connectivity index (χ4v) is 0.901. The van der Waals surface area contributed by atoms with Gasteiger partial charge in [0.2, 0.25) is 0 Å². The number of hydrogen-bond acceptors (Lipinski definition) is 1. The highest BCUT2D eigenvalue weighted by Crippen LogP contribution is 2.26. The molecule has 0 atom stereocenters. The van der Waals surface area contributed by atoms with Crippen LogP contribution in [0.15, 0.2) is 29.4 Å². The van der Waals surface area contributed by atoms with Crippen molar-refractivity contribution in [2.45, 2.75) is 34.6 Å². The molecule has 0 saturated carbocycles. The van der Waals surface area contributed by atoms with Crippen LogP contribution in [-0.4, -0.2) is 5.71 Å². The molecule has 0 aliphatic rings. The Hall–Kier alpha value is -0.850. The molecule has 1 nitrogen and oxygen atoms in total. The van der Waals surface area contributed by atoms with Gasteiger partial charge in [0, 0.05) is 16.8 Å². The molecule has 0 bridgehead atoms. The van der Waals surface area contributed by atoms with Crippen molar-refractivity contribution in [3.63, 3.8) is 0 Å². The van der Waals surface area contributed by atoms with Gasteiger partial charge in [0.15, 0.2) is 0 Å². The van der Waals surface area contributed by atoms with E-state index in [1.54, 1.807) is 6.08 Å². The highest BCUT2D eigenvalue weighted by molar-refractivity contribution is 5.93. The second-order valence-electron chi connectivity index (χ2n) is 3.88. The third kappa shape index (κ3) is 3.51. The zero-order chi connectivity index (χ0) is 9.78. The van der Waals surface area contributed by atoms with Gasteiger partial charge in [-0.25, -0.2) is 0 Å². The lowest BCUT2D eigenvalue weighted by atomic mass is 9.92. The Kier molecular flexibility index (Phi) is 3.94. The first-order valence-corrected chi connectivity index (χ1v) is 4.26. The maximum absolute atomic E-state index is 4.44. The minimum absolute atomic E-state index is 0.124. The molecule has 0 aromatic carbocycles. The summed E-state index contributed by atoms with van der Waals surface area (Å²) in [5, 5.41) is 0. The average Bonchev–Trinajstić information content (AvgIpc) is 1.97. The molecule has 0 aliphatic carbocycles. The molecular formula is C11H19N. The smallest absolute Gasteiger partial charge is 0.0417 e. The van der Waals surface area contributed by atoms with Crippen LogP contribution in [0.2, 0.25) is 0 Å². The fourth-order valence-electron chi connectivity index (χ4n) is 0.901. The van der Waals surface area contributed by atoms with Gasteiger partial charge in [-0.3, -0.25) is 4.99 Å². The summed E-state index contributed by atoms with van der Waals surface area (Å²) < 4.78 is 0. The largest absolute Gasteiger partial charge is 0.258 e. The van der Waals surface area contributed by atoms with E-state index < -0.39 is 0 Å². The maximum Gasteiger partial charge on any atom is 0.0417 e.